The Balaban J connectivity index is 1.96. The van der Waals surface area contributed by atoms with Crippen molar-refractivity contribution < 1.29 is 13.9 Å². The Bertz CT molecular complexity index is 790. The van der Waals surface area contributed by atoms with Crippen molar-refractivity contribution in [2.45, 2.75) is 18.4 Å². The van der Waals surface area contributed by atoms with Gasteiger partial charge in [0.15, 0.2) is 0 Å². The lowest BCUT2D eigenvalue weighted by molar-refractivity contribution is -0.0379. The molecule has 1 N–H and O–H groups in total. The smallest absolute Gasteiger partial charge is 0.340 e. The standard InChI is InChI=1S/C18H15FI3NO2/c19-12-3-1-11(2-4-12)18(5-7-23-8-6-18)25-17(24)14-9-13(20)10-15(21)16(14)22/h1-4,9-10,23H,5-8H2. The molecule has 0 aliphatic carbocycles. The number of benzene rings is 2. The van der Waals surface area contributed by atoms with Gasteiger partial charge in [0.25, 0.3) is 0 Å². The lowest BCUT2D eigenvalue weighted by Crippen LogP contribution is -2.43. The molecule has 0 bridgehead atoms. The molecule has 0 unspecified atom stereocenters. The summed E-state index contributed by atoms with van der Waals surface area (Å²) in [6.45, 7) is 1.51. The van der Waals surface area contributed by atoms with Gasteiger partial charge in [-0.2, -0.15) is 0 Å². The van der Waals surface area contributed by atoms with E-state index in [1.807, 2.05) is 12.1 Å². The Morgan fingerprint density at radius 2 is 1.72 bits per heavy atom. The van der Waals surface area contributed by atoms with E-state index >= 15 is 0 Å². The van der Waals surface area contributed by atoms with Gasteiger partial charge >= 0.3 is 5.97 Å². The van der Waals surface area contributed by atoms with Crippen LogP contribution < -0.4 is 5.32 Å². The minimum absolute atomic E-state index is 0.291. The lowest BCUT2D eigenvalue weighted by atomic mass is 9.84. The van der Waals surface area contributed by atoms with Crippen molar-refractivity contribution >= 4 is 73.7 Å². The van der Waals surface area contributed by atoms with Crippen molar-refractivity contribution in [2.75, 3.05) is 13.1 Å². The normalized spacial score (nSPS) is 16.5. The first kappa shape index (κ1) is 19.7. The maximum absolute atomic E-state index is 13.3. The molecule has 0 saturated carbocycles. The van der Waals surface area contributed by atoms with E-state index in [9.17, 15) is 9.18 Å². The van der Waals surface area contributed by atoms with E-state index in [2.05, 4.69) is 73.1 Å². The summed E-state index contributed by atoms with van der Waals surface area (Å²) in [4.78, 5) is 13.0. The quantitative estimate of drug-likeness (QED) is 0.280. The molecule has 0 atom stereocenters. The summed E-state index contributed by atoms with van der Waals surface area (Å²) in [5, 5.41) is 3.29. The molecule has 1 saturated heterocycles. The third kappa shape index (κ3) is 4.46. The van der Waals surface area contributed by atoms with Gasteiger partial charge in [0, 0.05) is 23.6 Å². The summed E-state index contributed by atoms with van der Waals surface area (Å²) in [7, 11) is 0. The van der Waals surface area contributed by atoms with Crippen LogP contribution in [0.5, 0.6) is 0 Å². The summed E-state index contributed by atoms with van der Waals surface area (Å²) in [6, 6.07) is 10.2. The fraction of sp³-hybridized carbons (Fsp3) is 0.278. The number of hydrogen-bond acceptors (Lipinski definition) is 3. The van der Waals surface area contributed by atoms with Crippen molar-refractivity contribution in [3.63, 3.8) is 0 Å². The van der Waals surface area contributed by atoms with Crippen LogP contribution in [0.3, 0.4) is 0 Å². The number of ether oxygens (including phenoxy) is 1. The highest BCUT2D eigenvalue weighted by molar-refractivity contribution is 14.1. The molecule has 3 nitrogen and oxygen atoms in total. The van der Waals surface area contributed by atoms with E-state index in [-0.39, 0.29) is 11.8 Å². The molecule has 0 aromatic heterocycles. The number of carbonyl (C=O) groups is 1. The first-order valence-electron chi connectivity index (χ1n) is 7.76. The molecular formula is C18H15FI3NO2. The van der Waals surface area contributed by atoms with Crippen LogP contribution in [0.4, 0.5) is 4.39 Å². The van der Waals surface area contributed by atoms with Gasteiger partial charge in [-0.1, -0.05) is 12.1 Å². The minimum atomic E-state index is -0.716. The Labute approximate surface area is 186 Å². The zero-order valence-corrected chi connectivity index (χ0v) is 19.6. The molecule has 1 aliphatic heterocycles. The second-order valence-electron chi connectivity index (χ2n) is 5.89. The number of halogens is 4. The molecule has 0 spiro atoms. The number of piperidine rings is 1. The molecule has 1 fully saturated rings. The monoisotopic (exact) mass is 677 g/mol. The molecule has 7 heteroatoms. The van der Waals surface area contributed by atoms with E-state index < -0.39 is 5.60 Å². The third-order valence-electron chi connectivity index (χ3n) is 4.28. The Kier molecular flexibility index (Phi) is 6.59. The first-order chi connectivity index (χ1) is 11.9. The van der Waals surface area contributed by atoms with Crippen molar-refractivity contribution in [2.24, 2.45) is 0 Å². The maximum atomic E-state index is 13.3. The number of hydrogen-bond donors (Lipinski definition) is 1. The van der Waals surface area contributed by atoms with Gasteiger partial charge in [0.1, 0.15) is 11.4 Å². The van der Waals surface area contributed by atoms with Crippen LogP contribution in [0.2, 0.25) is 0 Å². The molecule has 1 heterocycles. The zero-order chi connectivity index (χ0) is 18.0. The van der Waals surface area contributed by atoms with Crippen LogP contribution in [-0.2, 0) is 10.3 Å². The highest BCUT2D eigenvalue weighted by Crippen LogP contribution is 2.36. The van der Waals surface area contributed by atoms with E-state index in [0.717, 1.165) is 29.4 Å². The zero-order valence-electron chi connectivity index (χ0n) is 13.1. The van der Waals surface area contributed by atoms with Crippen molar-refractivity contribution in [1.29, 1.82) is 0 Å². The predicted molar refractivity (Wildman–Crippen MR) is 120 cm³/mol. The van der Waals surface area contributed by atoms with Crippen LogP contribution in [0, 0.1) is 16.5 Å². The predicted octanol–water partition coefficient (Wildman–Crippen LogP) is 5.08. The lowest BCUT2D eigenvalue weighted by Gasteiger charge is -2.37. The molecule has 1 aliphatic rings. The largest absolute Gasteiger partial charge is 0.450 e. The summed E-state index contributed by atoms with van der Waals surface area (Å²) in [6.07, 6.45) is 1.34. The summed E-state index contributed by atoms with van der Waals surface area (Å²) >= 11 is 6.61. The molecule has 2 aromatic carbocycles. The van der Waals surface area contributed by atoms with Gasteiger partial charge in [0.05, 0.1) is 5.56 Å². The highest BCUT2D eigenvalue weighted by atomic mass is 127. The third-order valence-corrected chi connectivity index (χ3v) is 7.95. The molecule has 132 valence electrons. The van der Waals surface area contributed by atoms with Gasteiger partial charge in [-0.15, -0.1) is 0 Å². The summed E-state index contributed by atoms with van der Waals surface area (Å²) in [5.74, 6) is -0.618. The molecule has 2 aromatic rings. The Morgan fingerprint density at radius 3 is 2.36 bits per heavy atom. The molecule has 3 rings (SSSR count). The molecular weight excluding hydrogens is 662 g/mol. The maximum Gasteiger partial charge on any atom is 0.340 e. The van der Waals surface area contributed by atoms with Gasteiger partial charge in [-0.05, 0) is 111 Å². The summed E-state index contributed by atoms with van der Waals surface area (Å²) < 4.78 is 22.3. The Hall–Kier alpha value is -0.01000. The van der Waals surface area contributed by atoms with E-state index in [0.29, 0.717) is 18.4 Å². The van der Waals surface area contributed by atoms with Gasteiger partial charge < -0.3 is 10.1 Å². The van der Waals surface area contributed by atoms with Crippen molar-refractivity contribution in [3.05, 3.63) is 64.1 Å². The van der Waals surface area contributed by atoms with Gasteiger partial charge in [-0.25, -0.2) is 9.18 Å². The highest BCUT2D eigenvalue weighted by Gasteiger charge is 2.38. The van der Waals surface area contributed by atoms with Crippen LogP contribution >= 0.6 is 67.8 Å². The van der Waals surface area contributed by atoms with Crippen LogP contribution in [0.15, 0.2) is 36.4 Å². The van der Waals surface area contributed by atoms with Crippen molar-refractivity contribution in [3.8, 4) is 0 Å². The van der Waals surface area contributed by atoms with E-state index in [1.165, 1.54) is 12.1 Å². The average Bonchev–Trinajstić information content (AvgIpc) is 2.59. The molecule has 0 radical (unpaired) electrons. The van der Waals surface area contributed by atoms with Crippen molar-refractivity contribution in [1.82, 2.24) is 5.32 Å². The Morgan fingerprint density at radius 1 is 1.08 bits per heavy atom. The number of nitrogens with one attached hydrogen (secondary N) is 1. The SMILES string of the molecule is O=C(OC1(c2ccc(F)cc2)CCNCC1)c1cc(I)cc(I)c1I. The topological polar surface area (TPSA) is 38.3 Å². The molecule has 0 amide bonds. The fourth-order valence-electron chi connectivity index (χ4n) is 2.97. The second kappa shape index (κ2) is 8.34. The van der Waals surface area contributed by atoms with E-state index in [1.54, 1.807) is 12.1 Å². The minimum Gasteiger partial charge on any atom is -0.450 e. The van der Waals surface area contributed by atoms with Crippen LogP contribution in [-0.4, -0.2) is 19.1 Å². The number of carbonyl (C=O) groups excluding carboxylic acids is 1. The first-order valence-corrected chi connectivity index (χ1v) is 11.0. The second-order valence-corrected chi connectivity index (χ2v) is 9.38. The van der Waals surface area contributed by atoms with Crippen LogP contribution in [0.1, 0.15) is 28.8 Å². The van der Waals surface area contributed by atoms with E-state index in [4.69, 9.17) is 4.74 Å². The number of esters is 1. The summed E-state index contributed by atoms with van der Waals surface area (Å²) in [5.41, 5.74) is 0.710. The molecule has 25 heavy (non-hydrogen) atoms. The van der Waals surface area contributed by atoms with Gasteiger partial charge in [-0.3, -0.25) is 0 Å². The number of rotatable bonds is 3. The van der Waals surface area contributed by atoms with Crippen LogP contribution in [0.25, 0.3) is 0 Å². The van der Waals surface area contributed by atoms with Gasteiger partial charge in [0.2, 0.25) is 0 Å². The average molecular weight is 677 g/mol. The fourth-order valence-corrected chi connectivity index (χ4v) is 5.35.